The number of carbonyl (C=O) groups excluding carboxylic acids is 2. The molecule has 2 heterocycles. The van der Waals surface area contributed by atoms with Gasteiger partial charge in [0.15, 0.2) is 0 Å². The summed E-state index contributed by atoms with van der Waals surface area (Å²) in [5.41, 5.74) is 5.51. The molecular formula is C31H30N2O3. The molecule has 0 fully saturated rings. The molecular weight excluding hydrogens is 448 g/mol. The topological polar surface area (TPSA) is 62.6 Å². The fraction of sp³-hybridized carbons (Fsp3) is 0.226. The second-order valence-electron chi connectivity index (χ2n) is 9.34. The summed E-state index contributed by atoms with van der Waals surface area (Å²) in [6.07, 6.45) is 1.40. The van der Waals surface area contributed by atoms with Gasteiger partial charge >= 0.3 is 0 Å². The largest absolute Gasteiger partial charge is 0.461 e. The van der Waals surface area contributed by atoms with Gasteiger partial charge in [-0.05, 0) is 49.2 Å². The Morgan fingerprint density at radius 2 is 1.75 bits per heavy atom. The molecule has 1 atom stereocenters. The van der Waals surface area contributed by atoms with Crippen LogP contribution in [0.3, 0.4) is 0 Å². The first kappa shape index (κ1) is 23.6. The molecule has 1 aliphatic rings. The third-order valence-corrected chi connectivity index (χ3v) is 6.79. The molecule has 1 unspecified atom stereocenters. The van der Waals surface area contributed by atoms with Gasteiger partial charge in [0.05, 0.1) is 5.92 Å². The summed E-state index contributed by atoms with van der Waals surface area (Å²) in [5, 5.41) is 3.07. The lowest BCUT2D eigenvalue weighted by atomic mass is 9.95. The van der Waals surface area contributed by atoms with E-state index >= 15 is 0 Å². The number of benzene rings is 3. The lowest BCUT2D eigenvalue weighted by molar-refractivity contribution is -0.117. The fourth-order valence-corrected chi connectivity index (χ4v) is 4.76. The Hall–Kier alpha value is -4.12. The smallest absolute Gasteiger partial charge is 0.254 e. The average molecular weight is 479 g/mol. The molecule has 0 aliphatic carbocycles. The van der Waals surface area contributed by atoms with Crippen molar-refractivity contribution < 1.29 is 14.0 Å². The van der Waals surface area contributed by atoms with E-state index in [0.717, 1.165) is 45.9 Å². The summed E-state index contributed by atoms with van der Waals surface area (Å²) >= 11 is 0. The van der Waals surface area contributed by atoms with Gasteiger partial charge in [0.2, 0.25) is 5.91 Å². The number of aryl methyl sites for hydroxylation is 1. The maximum absolute atomic E-state index is 13.0. The zero-order chi connectivity index (χ0) is 25.1. The summed E-state index contributed by atoms with van der Waals surface area (Å²) in [5.74, 6) is 1.48. The quantitative estimate of drug-likeness (QED) is 0.340. The van der Waals surface area contributed by atoms with Crippen molar-refractivity contribution in [2.45, 2.75) is 39.2 Å². The molecule has 1 aliphatic heterocycles. The Morgan fingerprint density at radius 3 is 2.50 bits per heavy atom. The Bertz CT molecular complexity index is 1370. The molecule has 0 saturated heterocycles. The maximum Gasteiger partial charge on any atom is 0.254 e. The van der Waals surface area contributed by atoms with Gasteiger partial charge in [-0.1, -0.05) is 67.1 Å². The van der Waals surface area contributed by atoms with Crippen molar-refractivity contribution in [3.8, 4) is 11.3 Å². The SMILES string of the molecule is CCC(C(=O)Nc1cccc(-c2cc3c(o2)CCN(C(=O)c2ccc(C)cc2)C3)c1)c1ccccc1. The second kappa shape index (κ2) is 10.2. The van der Waals surface area contributed by atoms with E-state index in [2.05, 4.69) is 5.32 Å². The number of furan rings is 1. The van der Waals surface area contributed by atoms with Crippen LogP contribution in [0.5, 0.6) is 0 Å². The number of hydrogen-bond acceptors (Lipinski definition) is 3. The van der Waals surface area contributed by atoms with Crippen LogP contribution in [-0.4, -0.2) is 23.3 Å². The summed E-state index contributed by atoms with van der Waals surface area (Å²) in [6.45, 7) is 5.19. The van der Waals surface area contributed by atoms with Gasteiger partial charge in [0, 0.05) is 41.9 Å². The number of carbonyl (C=O) groups is 2. The van der Waals surface area contributed by atoms with Gasteiger partial charge < -0.3 is 14.6 Å². The van der Waals surface area contributed by atoms with Crippen molar-refractivity contribution in [3.05, 3.63) is 113 Å². The minimum Gasteiger partial charge on any atom is -0.461 e. The van der Waals surface area contributed by atoms with Crippen molar-refractivity contribution >= 4 is 17.5 Å². The highest BCUT2D eigenvalue weighted by molar-refractivity contribution is 5.96. The Balaban J connectivity index is 1.31. The first-order valence-electron chi connectivity index (χ1n) is 12.5. The van der Waals surface area contributed by atoms with Crippen LogP contribution in [0.25, 0.3) is 11.3 Å². The Kier molecular flexibility index (Phi) is 6.72. The van der Waals surface area contributed by atoms with Crippen molar-refractivity contribution in [1.29, 1.82) is 0 Å². The van der Waals surface area contributed by atoms with Crippen LogP contribution in [0.15, 0.2) is 89.3 Å². The summed E-state index contributed by atoms with van der Waals surface area (Å²) < 4.78 is 6.19. The summed E-state index contributed by atoms with van der Waals surface area (Å²) in [6, 6.07) is 27.3. The van der Waals surface area contributed by atoms with E-state index in [1.807, 2.05) is 104 Å². The Labute approximate surface area is 211 Å². The fourth-order valence-electron chi connectivity index (χ4n) is 4.76. The van der Waals surface area contributed by atoms with Crippen LogP contribution in [0.1, 0.15) is 52.1 Å². The molecule has 1 aromatic heterocycles. The van der Waals surface area contributed by atoms with E-state index < -0.39 is 0 Å². The van der Waals surface area contributed by atoms with Crippen LogP contribution in [0.2, 0.25) is 0 Å². The third kappa shape index (κ3) is 4.96. The van der Waals surface area contributed by atoms with Gasteiger partial charge in [-0.3, -0.25) is 9.59 Å². The summed E-state index contributed by atoms with van der Waals surface area (Å²) in [4.78, 5) is 27.9. The molecule has 36 heavy (non-hydrogen) atoms. The molecule has 0 radical (unpaired) electrons. The van der Waals surface area contributed by atoms with Crippen LogP contribution in [-0.2, 0) is 17.8 Å². The third-order valence-electron chi connectivity index (χ3n) is 6.79. The predicted octanol–water partition coefficient (Wildman–Crippen LogP) is 6.59. The number of fused-ring (bicyclic) bond motifs is 1. The predicted molar refractivity (Wildman–Crippen MR) is 142 cm³/mol. The minimum atomic E-state index is -0.206. The van der Waals surface area contributed by atoms with Crippen LogP contribution >= 0.6 is 0 Å². The summed E-state index contributed by atoms with van der Waals surface area (Å²) in [7, 11) is 0. The van der Waals surface area contributed by atoms with Crippen molar-refractivity contribution in [2.24, 2.45) is 0 Å². The van der Waals surface area contributed by atoms with E-state index in [1.54, 1.807) is 0 Å². The number of amides is 2. The first-order valence-corrected chi connectivity index (χ1v) is 12.5. The molecule has 0 saturated carbocycles. The molecule has 0 spiro atoms. The Morgan fingerprint density at radius 1 is 0.972 bits per heavy atom. The molecule has 5 rings (SSSR count). The van der Waals surface area contributed by atoms with E-state index in [4.69, 9.17) is 4.42 Å². The lowest BCUT2D eigenvalue weighted by Gasteiger charge is -2.26. The maximum atomic E-state index is 13.0. The minimum absolute atomic E-state index is 0.0233. The molecule has 1 N–H and O–H groups in total. The highest BCUT2D eigenvalue weighted by Crippen LogP contribution is 2.32. The number of hydrogen-bond donors (Lipinski definition) is 1. The standard InChI is InChI=1S/C31H30N2O3/c1-3-27(22-8-5-4-6-9-22)30(34)32-26-11-7-10-24(18-26)29-19-25-20-33(17-16-28(25)36-29)31(35)23-14-12-21(2)13-15-23/h4-15,18-19,27H,3,16-17,20H2,1-2H3,(H,32,34). The van der Waals surface area contributed by atoms with Crippen molar-refractivity contribution in [3.63, 3.8) is 0 Å². The molecule has 5 heteroatoms. The number of anilines is 1. The lowest BCUT2D eigenvalue weighted by Crippen LogP contribution is -2.35. The van der Waals surface area contributed by atoms with E-state index in [-0.39, 0.29) is 17.7 Å². The zero-order valence-corrected chi connectivity index (χ0v) is 20.7. The van der Waals surface area contributed by atoms with Gasteiger partial charge in [0.1, 0.15) is 11.5 Å². The average Bonchev–Trinajstić information content (AvgIpc) is 3.34. The normalized spacial score (nSPS) is 13.7. The van der Waals surface area contributed by atoms with E-state index in [1.165, 1.54) is 0 Å². The first-order chi connectivity index (χ1) is 17.5. The van der Waals surface area contributed by atoms with Crippen molar-refractivity contribution in [1.82, 2.24) is 4.90 Å². The highest BCUT2D eigenvalue weighted by Gasteiger charge is 2.25. The number of rotatable bonds is 6. The number of nitrogens with zero attached hydrogens (tertiary/aromatic N) is 1. The van der Waals surface area contributed by atoms with Gasteiger partial charge in [-0.15, -0.1) is 0 Å². The molecule has 3 aromatic carbocycles. The molecule has 5 nitrogen and oxygen atoms in total. The van der Waals surface area contributed by atoms with Crippen molar-refractivity contribution in [2.75, 3.05) is 11.9 Å². The molecule has 2 amide bonds. The monoisotopic (exact) mass is 478 g/mol. The highest BCUT2D eigenvalue weighted by atomic mass is 16.3. The second-order valence-corrected chi connectivity index (χ2v) is 9.34. The molecule has 4 aromatic rings. The van der Waals surface area contributed by atoms with Crippen LogP contribution < -0.4 is 5.32 Å². The zero-order valence-electron chi connectivity index (χ0n) is 20.7. The van der Waals surface area contributed by atoms with Crippen LogP contribution in [0.4, 0.5) is 5.69 Å². The molecule has 0 bridgehead atoms. The van der Waals surface area contributed by atoms with Gasteiger partial charge in [0.25, 0.3) is 5.91 Å². The number of nitrogens with one attached hydrogen (secondary N) is 1. The van der Waals surface area contributed by atoms with Crippen LogP contribution in [0, 0.1) is 6.92 Å². The molecule has 182 valence electrons. The van der Waals surface area contributed by atoms with E-state index in [0.29, 0.717) is 25.1 Å². The van der Waals surface area contributed by atoms with Gasteiger partial charge in [-0.2, -0.15) is 0 Å². The van der Waals surface area contributed by atoms with E-state index in [9.17, 15) is 9.59 Å². The van der Waals surface area contributed by atoms with Gasteiger partial charge in [-0.25, -0.2) is 0 Å².